The largest absolute Gasteiger partial charge is 0.496 e. The number of carbonyl (C=O) groups is 4. The van der Waals surface area contributed by atoms with Crippen LogP contribution in [0, 0.1) is 11.7 Å². The summed E-state index contributed by atoms with van der Waals surface area (Å²) in [5.41, 5.74) is 1.38. The molecule has 1 unspecified atom stereocenters. The van der Waals surface area contributed by atoms with Crippen LogP contribution in [-0.2, 0) is 20.7 Å². The maximum absolute atomic E-state index is 13.6. The van der Waals surface area contributed by atoms with Gasteiger partial charge in [0.05, 0.1) is 25.7 Å². The Kier molecular flexibility index (Phi) is 14.1. The fourth-order valence-electron chi connectivity index (χ4n) is 5.38. The van der Waals surface area contributed by atoms with Crippen LogP contribution < -0.4 is 20.1 Å². The second-order valence-corrected chi connectivity index (χ2v) is 12.0. The van der Waals surface area contributed by atoms with Crippen LogP contribution in [0.4, 0.5) is 10.1 Å². The van der Waals surface area contributed by atoms with Crippen LogP contribution in [0.2, 0.25) is 0 Å². The molecule has 50 heavy (non-hydrogen) atoms. The number of esters is 1. The topological polar surface area (TPSA) is 140 Å². The standard InChI is InChI=1S/C39H43FN2O8/c1-3-4-5-6-7-22-49-32-19-12-28(13-20-32)39(47)50-33-17-8-26(9-18-33)23-34(38(45)46)42-37(44)27-10-15-31(16-11-27)41-36(43)25-29-24-30(40)14-21-35(29)48-2/h8,10-21,24,26,34H,3-7,9,22-23,25H2,1-2H3,(H,41,43)(H,42,44)(H,45,46)/t26?,34-/m0/s1. The molecule has 0 saturated carbocycles. The fraction of sp³-hybridized carbons (Fsp3) is 0.333. The van der Waals surface area contributed by atoms with Gasteiger partial charge in [0, 0.05) is 16.8 Å². The number of hydrogen-bond donors (Lipinski definition) is 3. The molecule has 264 valence electrons. The molecule has 0 aliphatic heterocycles. The summed E-state index contributed by atoms with van der Waals surface area (Å²) in [6, 6.07) is 15.5. The average molecular weight is 687 g/mol. The lowest BCUT2D eigenvalue weighted by Gasteiger charge is -2.21. The molecule has 1 aliphatic rings. The van der Waals surface area contributed by atoms with E-state index in [-0.39, 0.29) is 24.3 Å². The van der Waals surface area contributed by atoms with Gasteiger partial charge in [-0.05, 0) is 104 Å². The smallest absolute Gasteiger partial charge is 0.343 e. The van der Waals surface area contributed by atoms with Crippen LogP contribution in [0.15, 0.2) is 90.7 Å². The van der Waals surface area contributed by atoms with Gasteiger partial charge in [0.25, 0.3) is 5.91 Å². The molecule has 4 rings (SSSR count). The number of methoxy groups -OCH3 is 1. The number of amides is 2. The number of anilines is 1. The summed E-state index contributed by atoms with van der Waals surface area (Å²) in [4.78, 5) is 50.1. The Bertz CT molecular complexity index is 1690. The Balaban J connectivity index is 1.22. The molecule has 0 heterocycles. The van der Waals surface area contributed by atoms with Gasteiger partial charge in [-0.1, -0.05) is 38.7 Å². The van der Waals surface area contributed by atoms with Gasteiger partial charge >= 0.3 is 11.9 Å². The average Bonchev–Trinajstić information content (AvgIpc) is 3.10. The third-order valence-electron chi connectivity index (χ3n) is 8.14. The quantitative estimate of drug-likeness (QED) is 0.0939. The molecule has 0 spiro atoms. The summed E-state index contributed by atoms with van der Waals surface area (Å²) in [6.07, 6.45) is 11.3. The molecule has 0 fully saturated rings. The van der Waals surface area contributed by atoms with Crippen molar-refractivity contribution < 1.29 is 42.9 Å². The van der Waals surface area contributed by atoms with Crippen molar-refractivity contribution in [3.63, 3.8) is 0 Å². The van der Waals surface area contributed by atoms with E-state index in [1.165, 1.54) is 68.8 Å². The molecule has 0 bridgehead atoms. The maximum Gasteiger partial charge on any atom is 0.343 e. The molecule has 0 aromatic heterocycles. The highest BCUT2D eigenvalue weighted by atomic mass is 19.1. The third-order valence-corrected chi connectivity index (χ3v) is 8.14. The van der Waals surface area contributed by atoms with E-state index < -0.39 is 35.6 Å². The molecule has 2 amide bonds. The SMILES string of the molecule is CCCCCCCOc1ccc(C(=O)OC2=CCC(C[C@H](NC(=O)c3ccc(NC(=O)Cc4cc(F)ccc4OC)cc3)C(=O)O)C=C2)cc1. The molecule has 11 heteroatoms. The van der Waals surface area contributed by atoms with E-state index in [1.807, 2.05) is 0 Å². The number of carboxylic acid groups (broad SMARTS) is 1. The van der Waals surface area contributed by atoms with Gasteiger partial charge in [0.15, 0.2) is 0 Å². The van der Waals surface area contributed by atoms with E-state index in [4.69, 9.17) is 14.2 Å². The van der Waals surface area contributed by atoms with Gasteiger partial charge in [-0.25, -0.2) is 14.0 Å². The van der Waals surface area contributed by atoms with Crippen molar-refractivity contribution in [1.82, 2.24) is 5.32 Å². The number of nitrogens with one attached hydrogen (secondary N) is 2. The fourth-order valence-corrected chi connectivity index (χ4v) is 5.38. The minimum Gasteiger partial charge on any atom is -0.496 e. The van der Waals surface area contributed by atoms with Crippen LogP contribution in [-0.4, -0.2) is 48.6 Å². The Labute approximate surface area is 291 Å². The zero-order chi connectivity index (χ0) is 35.9. The first kappa shape index (κ1) is 37.4. The molecule has 3 aromatic carbocycles. The number of carbonyl (C=O) groups excluding carboxylic acids is 3. The maximum atomic E-state index is 13.6. The zero-order valence-corrected chi connectivity index (χ0v) is 28.3. The molecule has 10 nitrogen and oxygen atoms in total. The third kappa shape index (κ3) is 11.6. The minimum absolute atomic E-state index is 0.118. The van der Waals surface area contributed by atoms with Crippen molar-refractivity contribution in [1.29, 1.82) is 0 Å². The van der Waals surface area contributed by atoms with Crippen molar-refractivity contribution in [3.8, 4) is 11.5 Å². The minimum atomic E-state index is -1.19. The predicted molar refractivity (Wildman–Crippen MR) is 187 cm³/mol. The monoisotopic (exact) mass is 686 g/mol. The van der Waals surface area contributed by atoms with Crippen molar-refractivity contribution >= 4 is 29.4 Å². The van der Waals surface area contributed by atoms with Gasteiger partial charge in [-0.15, -0.1) is 0 Å². The number of hydrogen-bond acceptors (Lipinski definition) is 7. The molecular formula is C39H43FN2O8. The lowest BCUT2D eigenvalue weighted by molar-refractivity contribution is -0.139. The van der Waals surface area contributed by atoms with Crippen molar-refractivity contribution in [3.05, 3.63) is 113 Å². The van der Waals surface area contributed by atoms with Crippen LogP contribution >= 0.6 is 0 Å². The normalized spacial score (nSPS) is 14.2. The highest BCUT2D eigenvalue weighted by Crippen LogP contribution is 2.24. The first-order valence-electron chi connectivity index (χ1n) is 16.7. The van der Waals surface area contributed by atoms with Gasteiger partial charge in [-0.3, -0.25) is 9.59 Å². The van der Waals surface area contributed by atoms with Crippen LogP contribution in [0.25, 0.3) is 0 Å². The lowest BCUT2D eigenvalue weighted by Crippen LogP contribution is -2.42. The molecular weight excluding hydrogens is 643 g/mol. The van der Waals surface area contributed by atoms with Crippen LogP contribution in [0.5, 0.6) is 11.5 Å². The van der Waals surface area contributed by atoms with E-state index in [1.54, 1.807) is 42.5 Å². The Morgan fingerprint density at radius 3 is 2.32 bits per heavy atom. The van der Waals surface area contributed by atoms with Gasteiger partial charge < -0.3 is 30.0 Å². The van der Waals surface area contributed by atoms with Crippen LogP contribution in [0.1, 0.15) is 78.1 Å². The highest BCUT2D eigenvalue weighted by Gasteiger charge is 2.25. The molecule has 3 N–H and O–H groups in total. The number of allylic oxidation sites excluding steroid dienone is 3. The number of halogens is 1. The molecule has 0 saturated heterocycles. The van der Waals surface area contributed by atoms with Crippen molar-refractivity contribution in [2.45, 2.75) is 64.3 Å². The number of benzene rings is 3. The second kappa shape index (κ2) is 18.9. The van der Waals surface area contributed by atoms with Gasteiger partial charge in [-0.2, -0.15) is 0 Å². The molecule has 1 aliphatic carbocycles. The first-order chi connectivity index (χ1) is 24.1. The Morgan fingerprint density at radius 2 is 1.66 bits per heavy atom. The van der Waals surface area contributed by atoms with E-state index in [0.717, 1.165) is 12.8 Å². The predicted octanol–water partition coefficient (Wildman–Crippen LogP) is 7.25. The summed E-state index contributed by atoms with van der Waals surface area (Å²) in [6.45, 7) is 2.81. The zero-order valence-electron chi connectivity index (χ0n) is 28.3. The van der Waals surface area contributed by atoms with E-state index in [9.17, 15) is 28.7 Å². The highest BCUT2D eigenvalue weighted by molar-refractivity contribution is 5.98. The van der Waals surface area contributed by atoms with Crippen LogP contribution in [0.3, 0.4) is 0 Å². The Morgan fingerprint density at radius 1 is 0.940 bits per heavy atom. The van der Waals surface area contributed by atoms with Crippen molar-refractivity contribution in [2.24, 2.45) is 5.92 Å². The van der Waals surface area contributed by atoms with E-state index >= 15 is 0 Å². The lowest BCUT2D eigenvalue weighted by atomic mass is 9.92. The first-order valence-corrected chi connectivity index (χ1v) is 16.7. The number of aliphatic carboxylic acids is 1. The summed E-state index contributed by atoms with van der Waals surface area (Å²) in [5.74, 6) is -1.97. The number of unbranched alkanes of at least 4 members (excludes halogenated alkanes) is 4. The van der Waals surface area contributed by atoms with Gasteiger partial charge in [0.2, 0.25) is 5.91 Å². The molecule has 3 aromatic rings. The number of carboxylic acids is 1. The number of rotatable bonds is 18. The molecule has 2 atom stereocenters. The summed E-state index contributed by atoms with van der Waals surface area (Å²) in [5, 5.41) is 15.1. The summed E-state index contributed by atoms with van der Waals surface area (Å²) >= 11 is 0. The Hall–Kier alpha value is -5.45. The number of ether oxygens (including phenoxy) is 3. The van der Waals surface area contributed by atoms with Crippen molar-refractivity contribution in [2.75, 3.05) is 19.0 Å². The summed E-state index contributed by atoms with van der Waals surface area (Å²) in [7, 11) is 1.43. The van der Waals surface area contributed by atoms with E-state index in [0.29, 0.717) is 47.1 Å². The van der Waals surface area contributed by atoms with Gasteiger partial charge in [0.1, 0.15) is 29.1 Å². The second-order valence-electron chi connectivity index (χ2n) is 12.0. The summed E-state index contributed by atoms with van der Waals surface area (Å²) < 4.78 is 30.1. The van der Waals surface area contributed by atoms with E-state index in [2.05, 4.69) is 17.6 Å². The molecule has 0 radical (unpaired) electrons.